The number of anilines is 2. The number of nitrogens with one attached hydrogen (secondary N) is 1. The highest BCUT2D eigenvalue weighted by atomic mass is 15.4. The monoisotopic (exact) mass is 325 g/mol. The molecule has 3 fully saturated rings. The number of hydrogen-bond donors (Lipinski definition) is 1. The molecular formula is C17H23N7. The van der Waals surface area contributed by atoms with Crippen molar-refractivity contribution in [1.82, 2.24) is 24.7 Å². The summed E-state index contributed by atoms with van der Waals surface area (Å²) < 4.78 is 1.88. The molecule has 24 heavy (non-hydrogen) atoms. The molecule has 1 aliphatic heterocycles. The molecule has 2 aromatic rings. The first-order valence-corrected chi connectivity index (χ1v) is 9.01. The Bertz CT molecular complexity index is 747. The number of hydrogen-bond acceptors (Lipinski definition) is 6. The zero-order valence-electron chi connectivity index (χ0n) is 14.0. The van der Waals surface area contributed by atoms with Crippen LogP contribution in [0.1, 0.15) is 55.5 Å². The average molecular weight is 325 g/mol. The van der Waals surface area contributed by atoms with Crippen LogP contribution in [0.25, 0.3) is 0 Å². The molecule has 0 amide bonds. The van der Waals surface area contributed by atoms with Crippen LogP contribution in [0.15, 0.2) is 12.3 Å². The number of aromatic nitrogens is 5. The predicted molar refractivity (Wildman–Crippen MR) is 91.2 cm³/mol. The number of rotatable bonds is 5. The Morgan fingerprint density at radius 3 is 2.71 bits per heavy atom. The van der Waals surface area contributed by atoms with E-state index in [1.807, 2.05) is 17.9 Å². The van der Waals surface area contributed by atoms with E-state index in [0.717, 1.165) is 37.2 Å². The van der Waals surface area contributed by atoms with E-state index in [4.69, 9.17) is 4.98 Å². The van der Waals surface area contributed by atoms with Crippen LogP contribution in [-0.2, 0) is 7.05 Å². The van der Waals surface area contributed by atoms with Gasteiger partial charge in [0.1, 0.15) is 0 Å². The summed E-state index contributed by atoms with van der Waals surface area (Å²) in [6.07, 6.45) is 7.99. The van der Waals surface area contributed by atoms with Gasteiger partial charge in [0, 0.05) is 49.9 Å². The molecule has 2 aliphatic carbocycles. The molecular weight excluding hydrogens is 302 g/mol. The molecule has 0 radical (unpaired) electrons. The zero-order chi connectivity index (χ0) is 16.1. The lowest BCUT2D eigenvalue weighted by atomic mass is 10.3. The van der Waals surface area contributed by atoms with Gasteiger partial charge in [0.2, 0.25) is 11.9 Å². The SMILES string of the molecule is Cn1nc(C2CC2)nc1NC1CCN(c2nccc(C3CC3)n2)C1. The molecule has 5 rings (SSSR count). The van der Waals surface area contributed by atoms with Crippen molar-refractivity contribution in [3.8, 4) is 0 Å². The van der Waals surface area contributed by atoms with Crippen LogP contribution >= 0.6 is 0 Å². The van der Waals surface area contributed by atoms with E-state index in [2.05, 4.69) is 31.3 Å². The van der Waals surface area contributed by atoms with Crippen molar-refractivity contribution in [2.45, 2.75) is 50.0 Å². The van der Waals surface area contributed by atoms with Crippen LogP contribution in [0.2, 0.25) is 0 Å². The molecule has 1 unspecified atom stereocenters. The second-order valence-electron chi connectivity index (χ2n) is 7.32. The molecule has 1 N–H and O–H groups in total. The number of nitrogens with zero attached hydrogens (tertiary/aromatic N) is 6. The van der Waals surface area contributed by atoms with Gasteiger partial charge in [-0.25, -0.2) is 14.6 Å². The summed E-state index contributed by atoms with van der Waals surface area (Å²) in [5.74, 6) is 4.01. The van der Waals surface area contributed by atoms with Gasteiger partial charge in [-0.1, -0.05) is 0 Å². The van der Waals surface area contributed by atoms with Crippen molar-refractivity contribution >= 4 is 11.9 Å². The van der Waals surface area contributed by atoms with Crippen LogP contribution in [0.3, 0.4) is 0 Å². The third-order valence-electron chi connectivity index (χ3n) is 5.19. The van der Waals surface area contributed by atoms with Crippen LogP contribution in [-0.4, -0.2) is 43.9 Å². The summed E-state index contributed by atoms with van der Waals surface area (Å²) in [7, 11) is 1.97. The van der Waals surface area contributed by atoms with Crippen molar-refractivity contribution in [1.29, 1.82) is 0 Å². The highest BCUT2D eigenvalue weighted by Crippen LogP contribution is 2.39. The standard InChI is InChI=1S/C17H23N7/c1-23-17(21-15(22-23)12-4-5-12)19-13-7-9-24(10-13)16-18-8-6-14(20-16)11-2-3-11/h6,8,11-13H,2-5,7,9-10H2,1H3,(H,19,21,22). The molecule has 1 atom stereocenters. The quantitative estimate of drug-likeness (QED) is 0.907. The van der Waals surface area contributed by atoms with Crippen LogP contribution in [0, 0.1) is 0 Å². The lowest BCUT2D eigenvalue weighted by molar-refractivity contribution is 0.721. The fraction of sp³-hybridized carbons (Fsp3) is 0.647. The summed E-state index contributed by atoms with van der Waals surface area (Å²) in [4.78, 5) is 16.2. The summed E-state index contributed by atoms with van der Waals surface area (Å²) >= 11 is 0. The van der Waals surface area contributed by atoms with Gasteiger partial charge in [0.15, 0.2) is 5.82 Å². The maximum Gasteiger partial charge on any atom is 0.225 e. The molecule has 3 heterocycles. The zero-order valence-corrected chi connectivity index (χ0v) is 14.0. The fourth-order valence-electron chi connectivity index (χ4n) is 3.41. The van der Waals surface area contributed by atoms with Crippen LogP contribution in [0.5, 0.6) is 0 Å². The van der Waals surface area contributed by atoms with E-state index in [1.165, 1.54) is 31.4 Å². The Morgan fingerprint density at radius 2 is 1.92 bits per heavy atom. The fourth-order valence-corrected chi connectivity index (χ4v) is 3.41. The van der Waals surface area contributed by atoms with Gasteiger partial charge in [-0.05, 0) is 38.2 Å². The molecule has 7 heteroatoms. The Kier molecular flexibility index (Phi) is 3.21. The summed E-state index contributed by atoms with van der Waals surface area (Å²) in [5, 5.41) is 8.09. The summed E-state index contributed by atoms with van der Waals surface area (Å²) in [6, 6.07) is 2.43. The van der Waals surface area contributed by atoms with E-state index in [0.29, 0.717) is 17.9 Å². The predicted octanol–water partition coefficient (Wildman–Crippen LogP) is 2.05. The maximum atomic E-state index is 4.77. The van der Waals surface area contributed by atoms with Crippen molar-refractivity contribution in [3.63, 3.8) is 0 Å². The summed E-state index contributed by atoms with van der Waals surface area (Å²) in [5.41, 5.74) is 1.21. The first-order valence-electron chi connectivity index (χ1n) is 9.01. The Morgan fingerprint density at radius 1 is 1.08 bits per heavy atom. The molecule has 2 aromatic heterocycles. The van der Waals surface area contributed by atoms with Gasteiger partial charge in [-0.3, -0.25) is 0 Å². The third kappa shape index (κ3) is 2.72. The Hall–Kier alpha value is -2.18. The van der Waals surface area contributed by atoms with Crippen molar-refractivity contribution in [3.05, 3.63) is 23.8 Å². The molecule has 0 bridgehead atoms. The van der Waals surface area contributed by atoms with E-state index in [-0.39, 0.29) is 0 Å². The van der Waals surface area contributed by atoms with Gasteiger partial charge in [0.25, 0.3) is 0 Å². The van der Waals surface area contributed by atoms with Crippen molar-refractivity contribution < 1.29 is 0 Å². The van der Waals surface area contributed by atoms with Gasteiger partial charge in [-0.15, -0.1) is 0 Å². The topological polar surface area (TPSA) is 71.8 Å². The molecule has 126 valence electrons. The first-order chi connectivity index (χ1) is 11.8. The second-order valence-corrected chi connectivity index (χ2v) is 7.32. The van der Waals surface area contributed by atoms with Crippen LogP contribution < -0.4 is 10.2 Å². The van der Waals surface area contributed by atoms with Gasteiger partial charge < -0.3 is 10.2 Å². The van der Waals surface area contributed by atoms with Crippen molar-refractivity contribution in [2.24, 2.45) is 7.05 Å². The lowest BCUT2D eigenvalue weighted by Crippen LogP contribution is -2.28. The lowest BCUT2D eigenvalue weighted by Gasteiger charge is -2.17. The minimum Gasteiger partial charge on any atom is -0.350 e. The van der Waals surface area contributed by atoms with E-state index >= 15 is 0 Å². The molecule has 0 spiro atoms. The summed E-state index contributed by atoms with van der Waals surface area (Å²) in [6.45, 7) is 1.90. The van der Waals surface area contributed by atoms with Crippen LogP contribution in [0.4, 0.5) is 11.9 Å². The largest absolute Gasteiger partial charge is 0.350 e. The molecule has 0 aromatic carbocycles. The molecule has 3 aliphatic rings. The van der Waals surface area contributed by atoms with Gasteiger partial charge in [0.05, 0.1) is 0 Å². The highest BCUT2D eigenvalue weighted by Gasteiger charge is 2.31. The van der Waals surface area contributed by atoms with E-state index < -0.39 is 0 Å². The molecule has 1 saturated heterocycles. The third-order valence-corrected chi connectivity index (χ3v) is 5.19. The smallest absolute Gasteiger partial charge is 0.225 e. The molecule has 7 nitrogen and oxygen atoms in total. The van der Waals surface area contributed by atoms with E-state index in [9.17, 15) is 0 Å². The first kappa shape index (κ1) is 14.2. The molecule has 2 saturated carbocycles. The second kappa shape index (κ2) is 5.43. The Balaban J connectivity index is 1.26. The highest BCUT2D eigenvalue weighted by molar-refractivity contribution is 5.37. The van der Waals surface area contributed by atoms with E-state index in [1.54, 1.807) is 0 Å². The number of aryl methyl sites for hydroxylation is 1. The maximum absolute atomic E-state index is 4.77. The normalized spacial score (nSPS) is 23.7. The van der Waals surface area contributed by atoms with Gasteiger partial charge >= 0.3 is 0 Å². The average Bonchev–Trinajstić information content (AvgIpc) is 3.52. The minimum absolute atomic E-state index is 0.369. The Labute approximate surface area is 141 Å². The van der Waals surface area contributed by atoms with Gasteiger partial charge in [-0.2, -0.15) is 10.1 Å². The van der Waals surface area contributed by atoms with Crippen molar-refractivity contribution in [2.75, 3.05) is 23.3 Å². The minimum atomic E-state index is 0.369.